The van der Waals surface area contributed by atoms with Crippen molar-refractivity contribution < 1.29 is 4.79 Å². The van der Waals surface area contributed by atoms with Crippen LogP contribution in [0.5, 0.6) is 0 Å². The van der Waals surface area contributed by atoms with Crippen molar-refractivity contribution in [1.29, 1.82) is 0 Å². The number of carbonyl (C=O) groups excluding carboxylic acids is 1. The van der Waals surface area contributed by atoms with Crippen LogP contribution in [0.2, 0.25) is 0 Å². The van der Waals surface area contributed by atoms with Crippen LogP contribution in [0.1, 0.15) is 35.3 Å². The average Bonchev–Trinajstić information content (AvgIpc) is 2.48. The third kappa shape index (κ3) is 2.70. The molecular formula is C17H25N3O. The van der Waals surface area contributed by atoms with E-state index in [9.17, 15) is 4.79 Å². The van der Waals surface area contributed by atoms with Crippen LogP contribution in [0.15, 0.2) is 18.2 Å². The molecule has 0 saturated carbocycles. The molecule has 2 aliphatic rings. The van der Waals surface area contributed by atoms with E-state index in [4.69, 9.17) is 0 Å². The lowest BCUT2D eigenvalue weighted by atomic mass is 9.93. The molecule has 0 spiro atoms. The molecule has 114 valence electrons. The summed E-state index contributed by atoms with van der Waals surface area (Å²) < 4.78 is 0. The first kappa shape index (κ1) is 14.5. The number of benzene rings is 1. The summed E-state index contributed by atoms with van der Waals surface area (Å²) >= 11 is 0. The van der Waals surface area contributed by atoms with Gasteiger partial charge in [-0.2, -0.15) is 0 Å². The van der Waals surface area contributed by atoms with Gasteiger partial charge in [0.2, 0.25) is 0 Å². The highest BCUT2D eigenvalue weighted by Crippen LogP contribution is 2.24. The third-order valence-electron chi connectivity index (χ3n) is 4.97. The highest BCUT2D eigenvalue weighted by Gasteiger charge is 2.34. The van der Waals surface area contributed by atoms with Crippen molar-refractivity contribution in [2.75, 3.05) is 33.2 Å². The van der Waals surface area contributed by atoms with E-state index < -0.39 is 0 Å². The summed E-state index contributed by atoms with van der Waals surface area (Å²) in [5, 5.41) is 3.37. The fraction of sp³-hybridized carbons (Fsp3) is 0.588. The van der Waals surface area contributed by atoms with E-state index in [1.807, 2.05) is 17.0 Å². The second kappa shape index (κ2) is 5.43. The van der Waals surface area contributed by atoms with Crippen molar-refractivity contribution in [2.45, 2.75) is 32.4 Å². The Labute approximate surface area is 127 Å². The third-order valence-corrected chi connectivity index (χ3v) is 4.97. The molecule has 1 aromatic rings. The predicted octanol–water partition coefficient (Wildman–Crippen LogP) is 1.50. The SMILES string of the molecule is CN1CCN(C(=O)c2cccc3c2CCNC3)CC1(C)C. The highest BCUT2D eigenvalue weighted by molar-refractivity contribution is 5.96. The Morgan fingerprint density at radius 2 is 2.10 bits per heavy atom. The van der Waals surface area contributed by atoms with Gasteiger partial charge in [0.05, 0.1) is 0 Å². The molecule has 2 aliphatic heterocycles. The van der Waals surface area contributed by atoms with E-state index in [0.29, 0.717) is 0 Å². The van der Waals surface area contributed by atoms with Gasteiger partial charge < -0.3 is 10.2 Å². The van der Waals surface area contributed by atoms with Gasteiger partial charge in [-0.25, -0.2) is 0 Å². The fourth-order valence-corrected chi connectivity index (χ4v) is 3.32. The van der Waals surface area contributed by atoms with Crippen LogP contribution in [0, 0.1) is 0 Å². The number of nitrogens with zero attached hydrogens (tertiary/aromatic N) is 2. The highest BCUT2D eigenvalue weighted by atomic mass is 16.2. The van der Waals surface area contributed by atoms with Crippen molar-refractivity contribution in [1.82, 2.24) is 15.1 Å². The minimum absolute atomic E-state index is 0.0459. The average molecular weight is 287 g/mol. The minimum Gasteiger partial charge on any atom is -0.336 e. The first-order valence-electron chi connectivity index (χ1n) is 7.81. The molecule has 4 nitrogen and oxygen atoms in total. The number of piperazine rings is 1. The van der Waals surface area contributed by atoms with Crippen LogP contribution < -0.4 is 5.32 Å². The molecule has 1 aromatic carbocycles. The Morgan fingerprint density at radius 1 is 1.29 bits per heavy atom. The monoisotopic (exact) mass is 287 g/mol. The molecule has 2 heterocycles. The van der Waals surface area contributed by atoms with Crippen LogP contribution in [-0.4, -0.2) is 54.5 Å². The Kier molecular flexibility index (Phi) is 3.76. The van der Waals surface area contributed by atoms with Crippen LogP contribution in [0.25, 0.3) is 0 Å². The lowest BCUT2D eigenvalue weighted by molar-refractivity contribution is 0.0310. The molecule has 1 N–H and O–H groups in total. The number of carbonyl (C=O) groups is 1. The summed E-state index contributed by atoms with van der Waals surface area (Å²) in [6.07, 6.45) is 0.953. The predicted molar refractivity (Wildman–Crippen MR) is 84.5 cm³/mol. The molecule has 0 bridgehead atoms. The second-order valence-corrected chi connectivity index (χ2v) is 6.83. The lowest BCUT2D eigenvalue weighted by Crippen LogP contribution is -2.59. The summed E-state index contributed by atoms with van der Waals surface area (Å²) in [6.45, 7) is 8.81. The van der Waals surface area contributed by atoms with E-state index in [2.05, 4.69) is 37.2 Å². The van der Waals surface area contributed by atoms with Gasteiger partial charge in [-0.1, -0.05) is 12.1 Å². The molecule has 3 rings (SSSR count). The topological polar surface area (TPSA) is 35.6 Å². The fourth-order valence-electron chi connectivity index (χ4n) is 3.32. The van der Waals surface area contributed by atoms with Crippen LogP contribution in [-0.2, 0) is 13.0 Å². The molecule has 1 fully saturated rings. The zero-order chi connectivity index (χ0) is 15.0. The normalized spacial score (nSPS) is 22.0. The van der Waals surface area contributed by atoms with Gasteiger partial charge in [-0.3, -0.25) is 9.69 Å². The standard InChI is InChI=1S/C17H25N3O/c1-17(2)12-20(10-9-19(17)3)16(21)15-6-4-5-13-11-18-8-7-14(13)15/h4-6,18H,7-12H2,1-3H3. The van der Waals surface area contributed by atoms with Gasteiger partial charge in [0.25, 0.3) is 5.91 Å². The maximum Gasteiger partial charge on any atom is 0.254 e. The molecule has 4 heteroatoms. The van der Waals surface area contributed by atoms with Crippen molar-refractivity contribution in [3.8, 4) is 0 Å². The van der Waals surface area contributed by atoms with E-state index >= 15 is 0 Å². The number of hydrogen-bond acceptors (Lipinski definition) is 3. The number of fused-ring (bicyclic) bond motifs is 1. The number of hydrogen-bond donors (Lipinski definition) is 1. The van der Waals surface area contributed by atoms with Gasteiger partial charge in [0, 0.05) is 37.3 Å². The Bertz CT molecular complexity index is 553. The van der Waals surface area contributed by atoms with Crippen molar-refractivity contribution in [3.05, 3.63) is 34.9 Å². The molecule has 0 aromatic heterocycles. The first-order chi connectivity index (χ1) is 9.99. The maximum absolute atomic E-state index is 13.0. The molecule has 0 radical (unpaired) electrons. The molecule has 1 saturated heterocycles. The molecule has 0 atom stereocenters. The van der Waals surface area contributed by atoms with E-state index in [-0.39, 0.29) is 11.4 Å². The van der Waals surface area contributed by atoms with E-state index in [1.165, 1.54) is 11.1 Å². The zero-order valence-corrected chi connectivity index (χ0v) is 13.3. The smallest absolute Gasteiger partial charge is 0.254 e. The van der Waals surface area contributed by atoms with Crippen molar-refractivity contribution >= 4 is 5.91 Å². The molecular weight excluding hydrogens is 262 g/mol. The summed E-state index contributed by atoms with van der Waals surface area (Å²) in [5.74, 6) is 0.204. The second-order valence-electron chi connectivity index (χ2n) is 6.83. The van der Waals surface area contributed by atoms with Gasteiger partial charge in [0.15, 0.2) is 0 Å². The number of rotatable bonds is 1. The van der Waals surface area contributed by atoms with E-state index in [0.717, 1.165) is 44.7 Å². The van der Waals surface area contributed by atoms with Gasteiger partial charge in [0.1, 0.15) is 0 Å². The molecule has 0 aliphatic carbocycles. The Morgan fingerprint density at radius 3 is 2.86 bits per heavy atom. The van der Waals surface area contributed by atoms with Crippen LogP contribution >= 0.6 is 0 Å². The first-order valence-corrected chi connectivity index (χ1v) is 7.81. The van der Waals surface area contributed by atoms with Crippen molar-refractivity contribution in [3.63, 3.8) is 0 Å². The molecule has 1 amide bonds. The lowest BCUT2D eigenvalue weighted by Gasteiger charge is -2.45. The number of nitrogens with one attached hydrogen (secondary N) is 1. The Hall–Kier alpha value is -1.39. The summed E-state index contributed by atoms with van der Waals surface area (Å²) in [4.78, 5) is 17.3. The molecule has 21 heavy (non-hydrogen) atoms. The van der Waals surface area contributed by atoms with E-state index in [1.54, 1.807) is 0 Å². The van der Waals surface area contributed by atoms with Gasteiger partial charge in [-0.15, -0.1) is 0 Å². The summed E-state index contributed by atoms with van der Waals surface area (Å²) in [7, 11) is 2.14. The van der Waals surface area contributed by atoms with Crippen molar-refractivity contribution in [2.24, 2.45) is 0 Å². The number of likely N-dealkylation sites (N-methyl/N-ethyl adjacent to an activating group) is 1. The number of amides is 1. The maximum atomic E-state index is 13.0. The van der Waals surface area contributed by atoms with Gasteiger partial charge in [-0.05, 0) is 51.1 Å². The van der Waals surface area contributed by atoms with Gasteiger partial charge >= 0.3 is 0 Å². The van der Waals surface area contributed by atoms with Crippen LogP contribution in [0.4, 0.5) is 0 Å². The zero-order valence-electron chi connectivity index (χ0n) is 13.3. The quantitative estimate of drug-likeness (QED) is 0.850. The molecule has 0 unspecified atom stereocenters. The van der Waals surface area contributed by atoms with Crippen LogP contribution in [0.3, 0.4) is 0 Å². The minimum atomic E-state index is 0.0459. The Balaban J connectivity index is 1.86. The summed E-state index contributed by atoms with van der Waals surface area (Å²) in [6, 6.07) is 6.14. The summed E-state index contributed by atoms with van der Waals surface area (Å²) in [5.41, 5.74) is 3.48. The largest absolute Gasteiger partial charge is 0.336 e.